The molecule has 20 heavy (non-hydrogen) atoms. The Hall–Kier alpha value is -0.0400. The SMILES string of the molecule is CC(CC(C)(C(C)C)C(C)C)OCCC1CCCCC1. The molecule has 1 fully saturated rings. The molecule has 1 rings (SSSR count). The first-order valence-corrected chi connectivity index (χ1v) is 8.98. The maximum Gasteiger partial charge on any atom is 0.0552 e. The van der Waals surface area contributed by atoms with Crippen LogP contribution in [0.2, 0.25) is 0 Å². The van der Waals surface area contributed by atoms with Crippen molar-refractivity contribution >= 4 is 0 Å². The highest BCUT2D eigenvalue weighted by atomic mass is 16.5. The molecule has 1 unspecified atom stereocenters. The van der Waals surface area contributed by atoms with Crippen LogP contribution in [0.4, 0.5) is 0 Å². The first-order chi connectivity index (χ1) is 9.36. The van der Waals surface area contributed by atoms with Gasteiger partial charge in [-0.15, -0.1) is 0 Å². The van der Waals surface area contributed by atoms with Crippen LogP contribution in [-0.4, -0.2) is 12.7 Å². The summed E-state index contributed by atoms with van der Waals surface area (Å²) in [5, 5.41) is 0. The maximum atomic E-state index is 6.14. The number of hydrogen-bond donors (Lipinski definition) is 0. The Bertz CT molecular complexity index is 242. The third-order valence-electron chi connectivity index (χ3n) is 6.02. The van der Waals surface area contributed by atoms with Crippen molar-refractivity contribution in [1.82, 2.24) is 0 Å². The van der Waals surface area contributed by atoms with Gasteiger partial charge < -0.3 is 4.74 Å². The van der Waals surface area contributed by atoms with E-state index < -0.39 is 0 Å². The van der Waals surface area contributed by atoms with Crippen LogP contribution < -0.4 is 0 Å². The standard InChI is InChI=1S/C19H38O/c1-15(2)19(6,16(3)4)14-17(5)20-13-12-18-10-8-7-9-11-18/h15-18H,7-14H2,1-6H3. The predicted molar refractivity (Wildman–Crippen MR) is 89.0 cm³/mol. The molecule has 1 nitrogen and oxygen atoms in total. The number of hydrogen-bond acceptors (Lipinski definition) is 1. The summed E-state index contributed by atoms with van der Waals surface area (Å²) in [6, 6.07) is 0. The molecule has 1 heteroatoms. The van der Waals surface area contributed by atoms with Gasteiger partial charge >= 0.3 is 0 Å². The third kappa shape index (κ3) is 5.39. The molecular weight excluding hydrogens is 244 g/mol. The van der Waals surface area contributed by atoms with Gasteiger partial charge in [-0.2, -0.15) is 0 Å². The fourth-order valence-electron chi connectivity index (χ4n) is 3.73. The Kier molecular flexibility index (Phi) is 7.58. The van der Waals surface area contributed by atoms with Gasteiger partial charge in [-0.25, -0.2) is 0 Å². The lowest BCUT2D eigenvalue weighted by molar-refractivity contribution is -0.00558. The van der Waals surface area contributed by atoms with Crippen molar-refractivity contribution in [2.75, 3.05) is 6.61 Å². The van der Waals surface area contributed by atoms with Crippen LogP contribution in [0.3, 0.4) is 0 Å². The van der Waals surface area contributed by atoms with Crippen LogP contribution in [0.25, 0.3) is 0 Å². The lowest BCUT2D eigenvalue weighted by atomic mass is 9.67. The van der Waals surface area contributed by atoms with Gasteiger partial charge in [0.1, 0.15) is 0 Å². The fourth-order valence-corrected chi connectivity index (χ4v) is 3.73. The molecule has 0 heterocycles. The van der Waals surface area contributed by atoms with Crippen molar-refractivity contribution in [2.24, 2.45) is 23.2 Å². The summed E-state index contributed by atoms with van der Waals surface area (Å²) in [6.45, 7) is 15.1. The second-order valence-corrected chi connectivity index (χ2v) is 7.99. The summed E-state index contributed by atoms with van der Waals surface area (Å²) >= 11 is 0. The largest absolute Gasteiger partial charge is 0.378 e. The monoisotopic (exact) mass is 282 g/mol. The molecular formula is C19H38O. The third-order valence-corrected chi connectivity index (χ3v) is 6.02. The van der Waals surface area contributed by atoms with Gasteiger partial charge in [0.25, 0.3) is 0 Å². The van der Waals surface area contributed by atoms with E-state index in [4.69, 9.17) is 4.74 Å². The van der Waals surface area contributed by atoms with Crippen LogP contribution >= 0.6 is 0 Å². The molecule has 0 aromatic rings. The maximum absolute atomic E-state index is 6.14. The van der Waals surface area contributed by atoms with Crippen molar-refractivity contribution in [3.8, 4) is 0 Å². The van der Waals surface area contributed by atoms with Crippen LogP contribution in [0.15, 0.2) is 0 Å². The molecule has 1 aliphatic carbocycles. The minimum absolute atomic E-state index is 0.393. The molecule has 0 saturated heterocycles. The Labute approximate surface area is 127 Å². The molecule has 1 aliphatic rings. The molecule has 0 spiro atoms. The summed E-state index contributed by atoms with van der Waals surface area (Å²) < 4.78 is 6.14. The van der Waals surface area contributed by atoms with Gasteiger partial charge in [0.05, 0.1) is 6.10 Å². The van der Waals surface area contributed by atoms with Crippen molar-refractivity contribution in [2.45, 2.75) is 92.6 Å². The average molecular weight is 283 g/mol. The number of ether oxygens (including phenoxy) is 1. The van der Waals surface area contributed by atoms with E-state index in [-0.39, 0.29) is 0 Å². The molecule has 1 saturated carbocycles. The van der Waals surface area contributed by atoms with Crippen LogP contribution in [0, 0.1) is 23.2 Å². The topological polar surface area (TPSA) is 9.23 Å². The molecule has 0 aromatic carbocycles. The summed E-state index contributed by atoms with van der Waals surface area (Å²) in [4.78, 5) is 0. The van der Waals surface area contributed by atoms with E-state index in [0.717, 1.165) is 12.5 Å². The van der Waals surface area contributed by atoms with Gasteiger partial charge in [-0.05, 0) is 42.9 Å². The van der Waals surface area contributed by atoms with Crippen LogP contribution in [-0.2, 0) is 4.74 Å². The van der Waals surface area contributed by atoms with Gasteiger partial charge in [-0.3, -0.25) is 0 Å². The molecule has 0 N–H and O–H groups in total. The van der Waals surface area contributed by atoms with Crippen molar-refractivity contribution in [3.05, 3.63) is 0 Å². The van der Waals surface area contributed by atoms with Gasteiger partial charge in [0, 0.05) is 6.61 Å². The van der Waals surface area contributed by atoms with E-state index in [2.05, 4.69) is 41.5 Å². The molecule has 0 aromatic heterocycles. The normalized spacial score (nSPS) is 19.8. The zero-order valence-electron chi connectivity index (χ0n) is 14.9. The first kappa shape index (κ1) is 18.0. The minimum Gasteiger partial charge on any atom is -0.378 e. The molecule has 0 aliphatic heterocycles. The summed E-state index contributed by atoms with van der Waals surface area (Å²) in [5.41, 5.74) is 0.393. The highest BCUT2D eigenvalue weighted by Crippen LogP contribution is 2.40. The minimum atomic E-state index is 0.393. The molecule has 0 amide bonds. The second-order valence-electron chi connectivity index (χ2n) is 7.99. The van der Waals surface area contributed by atoms with Gasteiger partial charge in [0.2, 0.25) is 0 Å². The molecule has 120 valence electrons. The fraction of sp³-hybridized carbons (Fsp3) is 1.00. The lowest BCUT2D eigenvalue weighted by Gasteiger charge is -2.40. The van der Waals surface area contributed by atoms with E-state index in [1.807, 2.05) is 0 Å². The van der Waals surface area contributed by atoms with E-state index in [1.54, 1.807) is 0 Å². The van der Waals surface area contributed by atoms with E-state index in [0.29, 0.717) is 23.4 Å². The van der Waals surface area contributed by atoms with Crippen molar-refractivity contribution < 1.29 is 4.74 Å². The second kappa shape index (κ2) is 8.41. The van der Waals surface area contributed by atoms with Crippen molar-refractivity contribution in [1.29, 1.82) is 0 Å². The first-order valence-electron chi connectivity index (χ1n) is 8.98. The van der Waals surface area contributed by atoms with Crippen LogP contribution in [0.1, 0.15) is 86.5 Å². The predicted octanol–water partition coefficient (Wildman–Crippen LogP) is 6.07. The van der Waals surface area contributed by atoms with E-state index in [9.17, 15) is 0 Å². The molecule has 0 radical (unpaired) electrons. The smallest absolute Gasteiger partial charge is 0.0552 e. The zero-order valence-corrected chi connectivity index (χ0v) is 14.9. The summed E-state index contributed by atoms with van der Waals surface area (Å²) in [5.74, 6) is 2.37. The van der Waals surface area contributed by atoms with E-state index >= 15 is 0 Å². The Balaban J connectivity index is 2.29. The highest BCUT2D eigenvalue weighted by Gasteiger charge is 2.33. The van der Waals surface area contributed by atoms with Gasteiger partial charge in [-0.1, -0.05) is 66.7 Å². The quantitative estimate of drug-likeness (QED) is 0.525. The zero-order chi connectivity index (χ0) is 15.2. The van der Waals surface area contributed by atoms with Crippen molar-refractivity contribution in [3.63, 3.8) is 0 Å². The Morgan fingerprint density at radius 2 is 1.50 bits per heavy atom. The van der Waals surface area contributed by atoms with Gasteiger partial charge in [0.15, 0.2) is 0 Å². The molecule has 1 atom stereocenters. The molecule has 0 bridgehead atoms. The van der Waals surface area contributed by atoms with E-state index in [1.165, 1.54) is 44.9 Å². The highest BCUT2D eigenvalue weighted by molar-refractivity contribution is 4.83. The number of rotatable bonds is 8. The lowest BCUT2D eigenvalue weighted by Crippen LogP contribution is -2.34. The average Bonchev–Trinajstić information content (AvgIpc) is 2.39. The van der Waals surface area contributed by atoms with Crippen LogP contribution in [0.5, 0.6) is 0 Å². The summed E-state index contributed by atoms with van der Waals surface area (Å²) in [7, 11) is 0. The Morgan fingerprint density at radius 3 is 2.00 bits per heavy atom. The summed E-state index contributed by atoms with van der Waals surface area (Å²) in [6.07, 6.45) is 10.1. The Morgan fingerprint density at radius 1 is 0.950 bits per heavy atom.